The number of anilines is 2. The van der Waals surface area contributed by atoms with Crippen LogP contribution in [-0.4, -0.2) is 48.5 Å². The molecule has 34 heavy (non-hydrogen) atoms. The lowest BCUT2D eigenvalue weighted by molar-refractivity contribution is -0.141. The number of carbonyl (C=O) groups excluding carboxylic acids is 1. The Morgan fingerprint density at radius 2 is 2.03 bits per heavy atom. The molecule has 3 heterocycles. The molecule has 3 atom stereocenters. The van der Waals surface area contributed by atoms with E-state index in [0.29, 0.717) is 24.5 Å². The van der Waals surface area contributed by atoms with Crippen LogP contribution in [0.15, 0.2) is 24.5 Å². The Balaban J connectivity index is 1.14. The van der Waals surface area contributed by atoms with Crippen molar-refractivity contribution in [2.24, 2.45) is 5.92 Å². The molecule has 0 unspecified atom stereocenters. The summed E-state index contributed by atoms with van der Waals surface area (Å²) in [5, 5.41) is 12.4. The van der Waals surface area contributed by atoms with E-state index >= 15 is 4.39 Å². The minimum Gasteiger partial charge on any atom is -0.443 e. The fraction of sp³-hybridized carbons (Fsp3) is 0.524. The second kappa shape index (κ2) is 7.31. The van der Waals surface area contributed by atoms with Crippen LogP contribution in [0.25, 0.3) is 5.65 Å². The van der Waals surface area contributed by atoms with Crippen LogP contribution in [0.2, 0.25) is 0 Å². The number of alkyl halides is 4. The number of hydrogen-bond acceptors (Lipinski definition) is 6. The minimum absolute atomic E-state index is 0.0670. The molecule has 9 nitrogen and oxygen atoms in total. The number of H-pyrrole nitrogens is 1. The van der Waals surface area contributed by atoms with Crippen LogP contribution in [-0.2, 0) is 10.9 Å². The van der Waals surface area contributed by atoms with Crippen molar-refractivity contribution < 1.29 is 27.1 Å². The quantitative estimate of drug-likeness (QED) is 0.476. The summed E-state index contributed by atoms with van der Waals surface area (Å²) in [6.07, 6.45) is -1.03. The summed E-state index contributed by atoms with van der Waals surface area (Å²) in [4.78, 5) is 19.7. The van der Waals surface area contributed by atoms with Crippen LogP contribution >= 0.6 is 0 Å². The number of rotatable bonds is 5. The molecule has 0 aliphatic heterocycles. The maximum absolute atomic E-state index is 15.1. The van der Waals surface area contributed by atoms with Crippen molar-refractivity contribution in [3.05, 3.63) is 35.9 Å². The molecule has 4 fully saturated rings. The maximum Gasteiger partial charge on any atom is 0.433 e. The topological polar surface area (TPSA) is 109 Å². The molecular formula is C21H21F4N7O2. The highest BCUT2D eigenvalue weighted by atomic mass is 19.4. The van der Waals surface area contributed by atoms with Gasteiger partial charge in [0, 0.05) is 41.7 Å². The summed E-state index contributed by atoms with van der Waals surface area (Å²) in [6.45, 7) is 0. The number of aromatic nitrogens is 5. The van der Waals surface area contributed by atoms with E-state index in [9.17, 15) is 18.0 Å². The summed E-state index contributed by atoms with van der Waals surface area (Å²) in [5.41, 5.74) is -0.721. The van der Waals surface area contributed by atoms with E-state index in [0.717, 1.165) is 25.3 Å². The largest absolute Gasteiger partial charge is 0.443 e. The first-order chi connectivity index (χ1) is 16.2. The van der Waals surface area contributed by atoms with Gasteiger partial charge in [-0.3, -0.25) is 9.50 Å². The Hall–Kier alpha value is -3.38. The first kappa shape index (κ1) is 21.2. The zero-order chi connectivity index (χ0) is 23.7. The first-order valence-corrected chi connectivity index (χ1v) is 11.1. The molecule has 0 saturated heterocycles. The fourth-order valence-corrected chi connectivity index (χ4v) is 5.25. The van der Waals surface area contributed by atoms with Crippen LogP contribution in [0, 0.1) is 5.92 Å². The monoisotopic (exact) mass is 479 g/mol. The van der Waals surface area contributed by atoms with Gasteiger partial charge in [0.15, 0.2) is 11.5 Å². The highest BCUT2D eigenvalue weighted by molar-refractivity contribution is 5.69. The highest BCUT2D eigenvalue weighted by Gasteiger charge is 2.58. The summed E-state index contributed by atoms with van der Waals surface area (Å²) in [7, 11) is 0. The molecule has 13 heteroatoms. The van der Waals surface area contributed by atoms with Gasteiger partial charge in [-0.05, 0) is 38.0 Å². The SMILES string of the molecule is O=C(NC12CC(C1)C2)O[C@H]1CC[C@@H](c2cc(Nc3nc(C(F)(F)F)cc4nccn34)n[nH]2)[C@@H]1F. The van der Waals surface area contributed by atoms with Crippen molar-refractivity contribution in [2.75, 3.05) is 5.32 Å². The first-order valence-electron chi connectivity index (χ1n) is 11.1. The summed E-state index contributed by atoms with van der Waals surface area (Å²) in [5.74, 6) is 0.160. The average molecular weight is 479 g/mol. The van der Waals surface area contributed by atoms with Crippen LogP contribution in [0.3, 0.4) is 0 Å². The molecule has 0 aromatic carbocycles. The van der Waals surface area contributed by atoms with E-state index in [2.05, 4.69) is 30.8 Å². The van der Waals surface area contributed by atoms with Crippen LogP contribution in [0.4, 0.5) is 34.1 Å². The molecule has 4 aliphatic rings. The number of hydrogen-bond donors (Lipinski definition) is 3. The van der Waals surface area contributed by atoms with Crippen LogP contribution in [0.1, 0.15) is 49.4 Å². The summed E-state index contributed by atoms with van der Waals surface area (Å²) in [6, 6.07) is 2.36. The number of ether oxygens (including phenoxy) is 1. The van der Waals surface area contributed by atoms with E-state index in [1.54, 1.807) is 0 Å². The van der Waals surface area contributed by atoms with Gasteiger partial charge in [0.2, 0.25) is 5.95 Å². The molecule has 3 aromatic heterocycles. The molecule has 0 radical (unpaired) electrons. The van der Waals surface area contributed by atoms with Gasteiger partial charge in [0.05, 0.1) is 0 Å². The summed E-state index contributed by atoms with van der Waals surface area (Å²) >= 11 is 0. The number of nitrogens with one attached hydrogen (secondary N) is 3. The van der Waals surface area contributed by atoms with Crippen molar-refractivity contribution in [1.82, 2.24) is 29.9 Å². The van der Waals surface area contributed by atoms with Gasteiger partial charge in [-0.15, -0.1) is 0 Å². The van der Waals surface area contributed by atoms with E-state index < -0.39 is 36.2 Å². The Morgan fingerprint density at radius 3 is 2.74 bits per heavy atom. The Morgan fingerprint density at radius 1 is 1.24 bits per heavy atom. The predicted octanol–water partition coefficient (Wildman–Crippen LogP) is 4.08. The third kappa shape index (κ3) is 3.53. The van der Waals surface area contributed by atoms with E-state index in [-0.39, 0.29) is 23.0 Å². The van der Waals surface area contributed by atoms with Gasteiger partial charge in [-0.2, -0.15) is 18.3 Å². The van der Waals surface area contributed by atoms with Crippen molar-refractivity contribution in [2.45, 2.75) is 62.0 Å². The lowest BCUT2D eigenvalue weighted by atomic mass is 9.50. The van der Waals surface area contributed by atoms with E-state index in [4.69, 9.17) is 4.74 Å². The van der Waals surface area contributed by atoms with Gasteiger partial charge in [0.1, 0.15) is 17.9 Å². The molecule has 3 aromatic rings. The highest BCUT2D eigenvalue weighted by Crippen LogP contribution is 2.57. The Kier molecular flexibility index (Phi) is 4.55. The van der Waals surface area contributed by atoms with E-state index in [1.165, 1.54) is 22.9 Å². The second-order valence-electron chi connectivity index (χ2n) is 9.41. The zero-order valence-electron chi connectivity index (χ0n) is 17.8. The number of imidazole rings is 1. The number of carbonyl (C=O) groups is 1. The molecule has 180 valence electrons. The van der Waals surface area contributed by atoms with Crippen LogP contribution < -0.4 is 10.6 Å². The molecule has 2 bridgehead atoms. The second-order valence-corrected chi connectivity index (χ2v) is 9.41. The van der Waals surface area contributed by atoms with Gasteiger partial charge in [-0.1, -0.05) is 0 Å². The third-order valence-corrected chi connectivity index (χ3v) is 7.08. The molecule has 1 amide bonds. The van der Waals surface area contributed by atoms with E-state index in [1.807, 2.05) is 0 Å². The zero-order valence-corrected chi connectivity index (χ0v) is 17.8. The number of amides is 1. The third-order valence-electron chi connectivity index (χ3n) is 7.08. The molecule has 4 aliphatic carbocycles. The maximum atomic E-state index is 15.1. The van der Waals surface area contributed by atoms with Crippen molar-refractivity contribution in [1.29, 1.82) is 0 Å². The normalized spacial score (nSPS) is 30.0. The molecule has 7 rings (SSSR count). The molecular weight excluding hydrogens is 458 g/mol. The number of alkyl carbamates (subject to hydrolysis) is 1. The van der Waals surface area contributed by atoms with Crippen molar-refractivity contribution in [3.8, 4) is 0 Å². The minimum atomic E-state index is -4.65. The average Bonchev–Trinajstić information content (AvgIpc) is 3.44. The van der Waals surface area contributed by atoms with Gasteiger partial charge >= 0.3 is 12.3 Å². The number of nitrogens with zero attached hydrogens (tertiary/aromatic N) is 4. The predicted molar refractivity (Wildman–Crippen MR) is 110 cm³/mol. The van der Waals surface area contributed by atoms with Gasteiger partial charge in [-0.25, -0.2) is 19.2 Å². The number of halogens is 4. The number of aromatic amines is 1. The van der Waals surface area contributed by atoms with Crippen LogP contribution in [0.5, 0.6) is 0 Å². The molecule has 3 N–H and O–H groups in total. The number of fused-ring (bicyclic) bond motifs is 1. The van der Waals surface area contributed by atoms with Crippen molar-refractivity contribution >= 4 is 23.5 Å². The molecule has 0 spiro atoms. The van der Waals surface area contributed by atoms with Crippen molar-refractivity contribution in [3.63, 3.8) is 0 Å². The lowest BCUT2D eigenvalue weighted by Crippen LogP contribution is -2.68. The lowest BCUT2D eigenvalue weighted by Gasteiger charge is -2.61. The summed E-state index contributed by atoms with van der Waals surface area (Å²) < 4.78 is 61.4. The van der Waals surface area contributed by atoms with Gasteiger partial charge in [0.25, 0.3) is 0 Å². The van der Waals surface area contributed by atoms with Gasteiger partial charge < -0.3 is 15.4 Å². The Bertz CT molecular complexity index is 1240. The smallest absolute Gasteiger partial charge is 0.433 e. The standard InChI is InChI=1S/C21H21F4N7O2/c22-17-11(1-2-13(17)34-19(33)29-20-7-10(8-20)9-20)12-5-15(31-30-12)28-18-27-14(21(23,24)25)6-16-26-3-4-32(16)18/h3-6,10-11,13,17H,1-2,7-9H2,(H,29,33)(H2,27,28,30,31)/t10?,11-,13-,17-,20?/m0/s1. The fourth-order valence-electron chi connectivity index (χ4n) is 5.25. The molecule has 4 saturated carbocycles. The Labute approximate surface area is 190 Å².